The van der Waals surface area contributed by atoms with E-state index in [0.29, 0.717) is 17.8 Å². The van der Waals surface area contributed by atoms with Crippen LogP contribution in [0.5, 0.6) is 0 Å². The van der Waals surface area contributed by atoms with Crippen LogP contribution in [0, 0.1) is 0 Å². The van der Waals surface area contributed by atoms with E-state index in [4.69, 9.17) is 0 Å². The summed E-state index contributed by atoms with van der Waals surface area (Å²) in [6.45, 7) is 1.77. The zero-order valence-corrected chi connectivity index (χ0v) is 12.6. The molecule has 0 atom stereocenters. The molecular formula is C16H22N2O3. The quantitative estimate of drug-likeness (QED) is 0.891. The average Bonchev–Trinajstić information content (AvgIpc) is 2.83. The molecule has 0 heterocycles. The molecule has 2 amide bonds. The molecule has 1 aromatic carbocycles. The van der Waals surface area contributed by atoms with Crippen molar-refractivity contribution in [2.45, 2.75) is 38.2 Å². The Bertz CT molecular complexity index is 536. The van der Waals surface area contributed by atoms with Gasteiger partial charge in [-0.2, -0.15) is 0 Å². The van der Waals surface area contributed by atoms with Crippen LogP contribution in [0.1, 0.15) is 43.0 Å². The highest BCUT2D eigenvalue weighted by Crippen LogP contribution is 2.30. The third-order valence-corrected chi connectivity index (χ3v) is 3.84. The first-order valence-corrected chi connectivity index (χ1v) is 7.25. The van der Waals surface area contributed by atoms with Crippen molar-refractivity contribution >= 4 is 17.5 Å². The number of hydrogen-bond acceptors (Lipinski definition) is 3. The predicted molar refractivity (Wildman–Crippen MR) is 81.1 cm³/mol. The fourth-order valence-corrected chi connectivity index (χ4v) is 2.86. The highest BCUT2D eigenvalue weighted by Gasteiger charge is 2.33. The molecular weight excluding hydrogens is 268 g/mol. The van der Waals surface area contributed by atoms with Gasteiger partial charge in [-0.3, -0.25) is 9.59 Å². The Morgan fingerprint density at radius 1 is 1.33 bits per heavy atom. The zero-order chi connectivity index (χ0) is 15.5. The second-order valence-corrected chi connectivity index (χ2v) is 5.85. The maximum atomic E-state index is 12.4. The summed E-state index contributed by atoms with van der Waals surface area (Å²) in [6.07, 6.45) is 3.51. The van der Waals surface area contributed by atoms with E-state index in [2.05, 4.69) is 5.32 Å². The van der Waals surface area contributed by atoms with E-state index < -0.39 is 5.60 Å². The number of anilines is 1. The second-order valence-electron chi connectivity index (χ2n) is 5.85. The van der Waals surface area contributed by atoms with E-state index in [1.165, 1.54) is 6.92 Å². The number of nitrogens with zero attached hydrogens (tertiary/aromatic N) is 1. The number of rotatable bonds is 4. The van der Waals surface area contributed by atoms with Gasteiger partial charge in [0.25, 0.3) is 5.91 Å². The van der Waals surface area contributed by atoms with Gasteiger partial charge in [-0.1, -0.05) is 18.9 Å². The van der Waals surface area contributed by atoms with E-state index in [1.54, 1.807) is 36.2 Å². The molecule has 2 N–H and O–H groups in total. The minimum Gasteiger partial charge on any atom is -0.388 e. The summed E-state index contributed by atoms with van der Waals surface area (Å²) in [4.78, 5) is 25.0. The fourth-order valence-electron chi connectivity index (χ4n) is 2.86. The van der Waals surface area contributed by atoms with Gasteiger partial charge in [-0.05, 0) is 31.0 Å². The van der Waals surface area contributed by atoms with Gasteiger partial charge < -0.3 is 15.3 Å². The summed E-state index contributed by atoms with van der Waals surface area (Å²) in [5.41, 5.74) is 0.353. The lowest BCUT2D eigenvalue weighted by molar-refractivity contribution is -0.114. The second kappa shape index (κ2) is 6.26. The lowest BCUT2D eigenvalue weighted by atomic mass is 10.0. The number of hydrogen-bond donors (Lipinski definition) is 2. The molecule has 0 unspecified atom stereocenters. The topological polar surface area (TPSA) is 69.6 Å². The molecule has 0 radical (unpaired) electrons. The van der Waals surface area contributed by atoms with E-state index in [9.17, 15) is 14.7 Å². The molecule has 0 spiro atoms. The Hall–Kier alpha value is -1.88. The molecule has 1 aliphatic carbocycles. The number of aliphatic hydroxyl groups is 1. The van der Waals surface area contributed by atoms with Crippen LogP contribution >= 0.6 is 0 Å². The average molecular weight is 290 g/mol. The SMILES string of the molecule is CC(=O)Nc1cccc(C(=O)N(C)CC2(O)CCCC2)c1. The van der Waals surface area contributed by atoms with E-state index in [1.807, 2.05) is 0 Å². The fraction of sp³-hybridized carbons (Fsp3) is 0.500. The Balaban J connectivity index is 2.06. The summed E-state index contributed by atoms with van der Waals surface area (Å²) < 4.78 is 0. The number of carbonyl (C=O) groups excluding carboxylic acids is 2. The van der Waals surface area contributed by atoms with Crippen molar-refractivity contribution in [3.05, 3.63) is 29.8 Å². The smallest absolute Gasteiger partial charge is 0.253 e. The van der Waals surface area contributed by atoms with Crippen molar-refractivity contribution in [3.8, 4) is 0 Å². The van der Waals surface area contributed by atoms with Gasteiger partial charge >= 0.3 is 0 Å². The standard InChI is InChI=1S/C16H22N2O3/c1-12(19)17-14-7-5-6-13(10-14)15(20)18(2)11-16(21)8-3-4-9-16/h5-7,10,21H,3-4,8-9,11H2,1-2H3,(H,17,19). The van der Waals surface area contributed by atoms with Crippen LogP contribution in [0.15, 0.2) is 24.3 Å². The number of likely N-dealkylation sites (N-methyl/N-ethyl adjacent to an activating group) is 1. The van der Waals surface area contributed by atoms with Crippen LogP contribution in [0.3, 0.4) is 0 Å². The molecule has 2 rings (SSSR count). The minimum atomic E-state index is -0.750. The van der Waals surface area contributed by atoms with Crippen molar-refractivity contribution in [2.75, 3.05) is 18.9 Å². The summed E-state index contributed by atoms with van der Waals surface area (Å²) >= 11 is 0. The van der Waals surface area contributed by atoms with Crippen LogP contribution in [0.2, 0.25) is 0 Å². The molecule has 1 saturated carbocycles. The van der Waals surface area contributed by atoms with Crippen molar-refractivity contribution in [1.29, 1.82) is 0 Å². The molecule has 1 fully saturated rings. The first-order chi connectivity index (χ1) is 9.89. The third-order valence-electron chi connectivity index (χ3n) is 3.84. The molecule has 1 aromatic rings. The molecule has 0 saturated heterocycles. The molecule has 0 aromatic heterocycles. The first kappa shape index (κ1) is 15.5. The Morgan fingerprint density at radius 2 is 2.00 bits per heavy atom. The van der Waals surface area contributed by atoms with Crippen LogP contribution in [-0.4, -0.2) is 41.0 Å². The zero-order valence-electron chi connectivity index (χ0n) is 12.6. The lowest BCUT2D eigenvalue weighted by Crippen LogP contribution is -2.42. The minimum absolute atomic E-state index is 0.150. The maximum Gasteiger partial charge on any atom is 0.253 e. The largest absolute Gasteiger partial charge is 0.388 e. The molecule has 21 heavy (non-hydrogen) atoms. The summed E-state index contributed by atoms with van der Waals surface area (Å²) in [5, 5.41) is 13.0. The van der Waals surface area contributed by atoms with Crippen LogP contribution in [-0.2, 0) is 4.79 Å². The summed E-state index contributed by atoms with van der Waals surface area (Å²) in [5.74, 6) is -0.323. The van der Waals surface area contributed by atoms with Crippen molar-refractivity contribution in [2.24, 2.45) is 0 Å². The van der Waals surface area contributed by atoms with Crippen LogP contribution in [0.4, 0.5) is 5.69 Å². The summed E-state index contributed by atoms with van der Waals surface area (Å²) in [6, 6.07) is 6.83. The molecule has 0 bridgehead atoms. The van der Waals surface area contributed by atoms with Crippen LogP contribution in [0.25, 0.3) is 0 Å². The monoisotopic (exact) mass is 290 g/mol. The van der Waals surface area contributed by atoms with Gasteiger partial charge in [0.15, 0.2) is 0 Å². The van der Waals surface area contributed by atoms with Gasteiger partial charge in [0.05, 0.1) is 5.60 Å². The van der Waals surface area contributed by atoms with E-state index in [-0.39, 0.29) is 11.8 Å². The Morgan fingerprint density at radius 3 is 2.62 bits per heavy atom. The van der Waals surface area contributed by atoms with E-state index in [0.717, 1.165) is 25.7 Å². The highest BCUT2D eigenvalue weighted by atomic mass is 16.3. The number of benzene rings is 1. The normalized spacial score (nSPS) is 16.5. The Labute approximate surface area is 125 Å². The maximum absolute atomic E-state index is 12.4. The van der Waals surface area contributed by atoms with Crippen molar-refractivity contribution in [3.63, 3.8) is 0 Å². The van der Waals surface area contributed by atoms with Gasteiger partial charge in [-0.25, -0.2) is 0 Å². The van der Waals surface area contributed by atoms with Gasteiger partial charge in [0.2, 0.25) is 5.91 Å². The molecule has 5 heteroatoms. The molecule has 114 valence electrons. The van der Waals surface area contributed by atoms with Crippen LogP contribution < -0.4 is 5.32 Å². The van der Waals surface area contributed by atoms with E-state index >= 15 is 0 Å². The lowest BCUT2D eigenvalue weighted by Gasteiger charge is -2.28. The van der Waals surface area contributed by atoms with Gasteiger partial charge in [0.1, 0.15) is 0 Å². The molecule has 0 aliphatic heterocycles. The van der Waals surface area contributed by atoms with Gasteiger partial charge in [0, 0.05) is 31.8 Å². The van der Waals surface area contributed by atoms with Gasteiger partial charge in [-0.15, -0.1) is 0 Å². The predicted octanol–water partition coefficient (Wildman–Crippen LogP) is 2.02. The number of amides is 2. The molecule has 5 nitrogen and oxygen atoms in total. The third kappa shape index (κ3) is 4.04. The van der Waals surface area contributed by atoms with Crippen molar-refractivity contribution in [1.82, 2.24) is 4.90 Å². The first-order valence-electron chi connectivity index (χ1n) is 7.25. The number of nitrogens with one attached hydrogen (secondary N) is 1. The highest BCUT2D eigenvalue weighted by molar-refractivity contribution is 5.96. The number of carbonyl (C=O) groups is 2. The van der Waals surface area contributed by atoms with Crippen molar-refractivity contribution < 1.29 is 14.7 Å². The summed E-state index contributed by atoms with van der Waals surface area (Å²) in [7, 11) is 1.70. The molecule has 1 aliphatic rings. The Kier molecular flexibility index (Phi) is 4.63.